The van der Waals surface area contributed by atoms with Crippen LogP contribution in [0.3, 0.4) is 0 Å². The molecule has 0 bridgehead atoms. The lowest BCUT2D eigenvalue weighted by Gasteiger charge is -2.54. The maximum Gasteiger partial charge on any atom is 0.250 e. The largest absolute Gasteiger partial charge is 0.360 e. The Labute approximate surface area is 233 Å². The molecular formula is C28H29F3N4O6. The van der Waals surface area contributed by atoms with Gasteiger partial charge in [-0.25, -0.2) is 17.9 Å². The fraction of sp³-hybridized carbons (Fsp3) is 0.464. The summed E-state index contributed by atoms with van der Waals surface area (Å²) in [5.74, 6) is -6.89. The predicted octanol–water partition coefficient (Wildman–Crippen LogP) is 3.98. The van der Waals surface area contributed by atoms with Gasteiger partial charge in [-0.1, -0.05) is 23.4 Å². The average Bonchev–Trinajstić information content (AvgIpc) is 3.61. The van der Waals surface area contributed by atoms with Crippen LogP contribution < -0.4 is 5.32 Å². The number of rotatable bonds is 6. The van der Waals surface area contributed by atoms with Crippen LogP contribution in [0.1, 0.15) is 32.7 Å². The number of nitrogens with one attached hydrogen (secondary N) is 1. The van der Waals surface area contributed by atoms with Crippen molar-refractivity contribution in [2.45, 2.75) is 62.6 Å². The molecule has 41 heavy (non-hydrogen) atoms. The molecule has 3 saturated heterocycles. The van der Waals surface area contributed by atoms with E-state index in [1.165, 1.54) is 10.9 Å². The second-order valence-electron chi connectivity index (χ2n) is 10.7. The highest BCUT2D eigenvalue weighted by molar-refractivity contribution is 5.91. The molecule has 6 rings (SSSR count). The summed E-state index contributed by atoms with van der Waals surface area (Å²) in [6.45, 7) is 3.78. The summed E-state index contributed by atoms with van der Waals surface area (Å²) >= 11 is 0. The number of halogens is 3. The lowest BCUT2D eigenvalue weighted by Crippen LogP contribution is -2.67. The smallest absolute Gasteiger partial charge is 0.250 e. The van der Waals surface area contributed by atoms with Gasteiger partial charge >= 0.3 is 0 Å². The number of benzene rings is 2. The van der Waals surface area contributed by atoms with Crippen LogP contribution in [0.15, 0.2) is 48.7 Å². The van der Waals surface area contributed by atoms with Gasteiger partial charge in [-0.3, -0.25) is 4.79 Å². The van der Waals surface area contributed by atoms with Crippen molar-refractivity contribution in [3.63, 3.8) is 0 Å². The Morgan fingerprint density at radius 3 is 2.59 bits per heavy atom. The van der Waals surface area contributed by atoms with E-state index in [9.17, 15) is 18.0 Å². The molecule has 3 fully saturated rings. The number of hydrogen-bond acceptors (Lipinski definition) is 8. The SMILES string of the molecule is CC1(C)OC[C@H]2O[C@@]3(CCCO3)[C@H](OCC(=O)Nc3ccccc3)[C@@H](n3cc(-c4cc(F)c(F)c(F)c4)nn3)[C@H]2O1. The zero-order valence-electron chi connectivity index (χ0n) is 22.4. The van der Waals surface area contributed by atoms with E-state index in [0.29, 0.717) is 25.1 Å². The minimum absolute atomic E-state index is 0.00368. The first-order valence-electron chi connectivity index (χ1n) is 13.3. The first kappa shape index (κ1) is 27.8. The Kier molecular flexibility index (Phi) is 7.32. The summed E-state index contributed by atoms with van der Waals surface area (Å²) in [6.07, 6.45) is 0.442. The zero-order chi connectivity index (χ0) is 28.8. The van der Waals surface area contributed by atoms with Crippen LogP contribution in [0.5, 0.6) is 0 Å². The Bertz CT molecular complexity index is 1390. The number of carbonyl (C=O) groups is 1. The predicted molar refractivity (Wildman–Crippen MR) is 137 cm³/mol. The van der Waals surface area contributed by atoms with Gasteiger partial charge in [0.1, 0.15) is 36.7 Å². The number of amides is 1. The van der Waals surface area contributed by atoms with Crippen molar-refractivity contribution in [2.24, 2.45) is 0 Å². The van der Waals surface area contributed by atoms with Crippen molar-refractivity contribution in [3.05, 3.63) is 66.1 Å². The van der Waals surface area contributed by atoms with Gasteiger partial charge in [0.05, 0.1) is 19.4 Å². The summed E-state index contributed by atoms with van der Waals surface area (Å²) in [6, 6.07) is 9.89. The van der Waals surface area contributed by atoms with E-state index in [0.717, 1.165) is 12.1 Å². The fourth-order valence-corrected chi connectivity index (χ4v) is 5.57. The van der Waals surface area contributed by atoms with Gasteiger partial charge in [-0.15, -0.1) is 5.10 Å². The van der Waals surface area contributed by atoms with Gasteiger partial charge in [0.15, 0.2) is 29.0 Å². The van der Waals surface area contributed by atoms with Gasteiger partial charge < -0.3 is 29.0 Å². The number of aromatic nitrogens is 3. The van der Waals surface area contributed by atoms with Crippen molar-refractivity contribution < 1.29 is 41.7 Å². The average molecular weight is 575 g/mol. The van der Waals surface area contributed by atoms with E-state index in [4.69, 9.17) is 23.7 Å². The summed E-state index contributed by atoms with van der Waals surface area (Å²) in [7, 11) is 0. The highest BCUT2D eigenvalue weighted by Gasteiger charge is 2.61. The molecule has 1 aromatic heterocycles. The number of fused-ring (bicyclic) bond motifs is 1. The van der Waals surface area contributed by atoms with Crippen molar-refractivity contribution in [3.8, 4) is 11.3 Å². The number of para-hydroxylation sites is 1. The highest BCUT2D eigenvalue weighted by Crippen LogP contribution is 2.48. The van der Waals surface area contributed by atoms with Gasteiger partial charge in [-0.05, 0) is 44.5 Å². The van der Waals surface area contributed by atoms with Crippen molar-refractivity contribution in [1.29, 1.82) is 0 Å². The van der Waals surface area contributed by atoms with Crippen molar-refractivity contribution >= 4 is 11.6 Å². The first-order valence-corrected chi connectivity index (χ1v) is 13.3. The van der Waals surface area contributed by atoms with Gasteiger partial charge in [0, 0.05) is 17.7 Å². The normalized spacial score (nSPS) is 28.9. The number of nitrogens with zero attached hydrogens (tertiary/aromatic N) is 3. The van der Waals surface area contributed by atoms with Crippen LogP contribution in [0.4, 0.5) is 18.9 Å². The van der Waals surface area contributed by atoms with Crippen LogP contribution in [-0.2, 0) is 28.5 Å². The quantitative estimate of drug-likeness (QED) is 0.441. The summed E-state index contributed by atoms with van der Waals surface area (Å²) < 4.78 is 74.1. The highest BCUT2D eigenvalue weighted by atomic mass is 19.2. The third kappa shape index (κ3) is 5.47. The molecule has 0 aliphatic carbocycles. The summed E-state index contributed by atoms with van der Waals surface area (Å²) in [5.41, 5.74) is 0.703. The maximum atomic E-state index is 14.0. The second kappa shape index (κ2) is 10.8. The van der Waals surface area contributed by atoms with Crippen molar-refractivity contribution in [1.82, 2.24) is 15.0 Å². The Balaban J connectivity index is 1.35. The van der Waals surface area contributed by atoms with E-state index in [2.05, 4.69) is 15.6 Å². The molecule has 218 valence electrons. The monoisotopic (exact) mass is 574 g/mol. The van der Waals surface area contributed by atoms with Gasteiger partial charge in [-0.2, -0.15) is 0 Å². The molecule has 13 heteroatoms. The zero-order valence-corrected chi connectivity index (χ0v) is 22.4. The van der Waals surface area contributed by atoms with Gasteiger partial charge in [0.2, 0.25) is 5.91 Å². The summed E-state index contributed by atoms with van der Waals surface area (Å²) in [5, 5.41) is 11.1. The van der Waals surface area contributed by atoms with Crippen LogP contribution >= 0.6 is 0 Å². The minimum Gasteiger partial charge on any atom is -0.360 e. The van der Waals surface area contributed by atoms with E-state index in [1.807, 2.05) is 6.07 Å². The van der Waals surface area contributed by atoms with Crippen molar-refractivity contribution in [2.75, 3.05) is 25.1 Å². The molecule has 1 spiro atoms. The molecule has 5 atom stereocenters. The standard InChI is InChI=1S/C28H29F3N4O6/c1-27(2)39-14-21-25(41-27)24(35-13-20(33-34-35)16-11-18(29)23(31)19(30)12-16)26(28(40-21)9-6-10-38-28)37-15-22(36)32-17-7-4-3-5-8-17/h3-5,7-8,11-13,21,24-26H,6,9-10,14-15H2,1-2H3,(H,32,36)/t21-,24+,25+,26-,28+/m1/s1. The van der Waals surface area contributed by atoms with E-state index in [-0.39, 0.29) is 24.5 Å². The molecule has 0 saturated carbocycles. The molecule has 0 radical (unpaired) electrons. The lowest BCUT2D eigenvalue weighted by atomic mass is 9.87. The van der Waals surface area contributed by atoms with Crippen LogP contribution in [0.25, 0.3) is 11.3 Å². The molecule has 0 unspecified atom stereocenters. The Morgan fingerprint density at radius 2 is 1.88 bits per heavy atom. The molecule has 3 aromatic rings. The van der Waals surface area contributed by atoms with Gasteiger partial charge in [0.25, 0.3) is 0 Å². The van der Waals surface area contributed by atoms with Crippen LogP contribution in [0.2, 0.25) is 0 Å². The van der Waals surface area contributed by atoms with E-state index < -0.39 is 59.3 Å². The Hall–Kier alpha value is -3.36. The second-order valence-corrected chi connectivity index (χ2v) is 10.7. The van der Waals surface area contributed by atoms with Crippen LogP contribution in [0, 0.1) is 17.5 Å². The molecule has 10 nitrogen and oxygen atoms in total. The maximum absolute atomic E-state index is 14.0. The third-order valence-corrected chi connectivity index (χ3v) is 7.38. The molecule has 3 aliphatic heterocycles. The molecule has 3 aliphatic rings. The number of carbonyl (C=O) groups excluding carboxylic acids is 1. The molecule has 2 aromatic carbocycles. The fourth-order valence-electron chi connectivity index (χ4n) is 5.57. The lowest BCUT2D eigenvalue weighted by molar-refractivity contribution is -0.402. The third-order valence-electron chi connectivity index (χ3n) is 7.38. The molecule has 1 amide bonds. The molecule has 4 heterocycles. The summed E-state index contributed by atoms with van der Waals surface area (Å²) in [4.78, 5) is 12.9. The van der Waals surface area contributed by atoms with E-state index >= 15 is 0 Å². The number of ether oxygens (including phenoxy) is 5. The van der Waals surface area contributed by atoms with E-state index in [1.54, 1.807) is 38.1 Å². The number of hydrogen-bond donors (Lipinski definition) is 1. The van der Waals surface area contributed by atoms with Crippen LogP contribution in [-0.4, -0.2) is 70.6 Å². The minimum atomic E-state index is -1.58. The Morgan fingerprint density at radius 1 is 1.12 bits per heavy atom. The topological polar surface area (TPSA) is 106 Å². The number of anilines is 1. The molecule has 1 N–H and O–H groups in total. The first-order chi connectivity index (χ1) is 19.6. The molecular weight excluding hydrogens is 545 g/mol.